The van der Waals surface area contributed by atoms with Gasteiger partial charge in [0, 0.05) is 6.20 Å². The van der Waals surface area contributed by atoms with Crippen LogP contribution in [0.15, 0.2) is 47.6 Å². The Balaban J connectivity index is 1.95. The second-order valence-corrected chi connectivity index (χ2v) is 3.64. The average Bonchev–Trinajstić information content (AvgIpc) is 2.32. The second-order valence-electron chi connectivity index (χ2n) is 3.64. The van der Waals surface area contributed by atoms with Gasteiger partial charge in [-0.15, -0.1) is 0 Å². The van der Waals surface area contributed by atoms with Gasteiger partial charge in [-0.05, 0) is 18.6 Å². The summed E-state index contributed by atoms with van der Waals surface area (Å²) >= 11 is 0. The van der Waals surface area contributed by atoms with Gasteiger partial charge in [-0.1, -0.05) is 30.3 Å². The van der Waals surface area contributed by atoms with Crippen LogP contribution < -0.4 is 0 Å². The Morgan fingerprint density at radius 1 is 1.31 bits per heavy atom. The minimum Gasteiger partial charge on any atom is -0.361 e. The highest BCUT2D eigenvalue weighted by molar-refractivity contribution is 6.41. The molecule has 1 unspecified atom stereocenters. The van der Waals surface area contributed by atoms with Crippen LogP contribution in [-0.2, 0) is 16.1 Å². The van der Waals surface area contributed by atoms with Crippen LogP contribution in [0.25, 0.3) is 0 Å². The smallest absolute Gasteiger partial charge is 0.209 e. The number of hydrogen-bond donors (Lipinski definition) is 0. The lowest BCUT2D eigenvalue weighted by atomic mass is 10.1. The minimum atomic E-state index is -0.488. The highest BCUT2D eigenvalue weighted by Crippen LogP contribution is 2.09. The molecule has 0 fully saturated rings. The Hall–Kier alpha value is -1.74. The number of benzene rings is 1. The number of rotatable bonds is 3. The Kier molecular flexibility index (Phi) is 3.27. The lowest BCUT2D eigenvalue weighted by Gasteiger charge is -2.15. The third-order valence-electron chi connectivity index (χ3n) is 2.42. The molecule has 1 heterocycles. The van der Waals surface area contributed by atoms with Crippen molar-refractivity contribution in [1.82, 2.24) is 0 Å². The summed E-state index contributed by atoms with van der Waals surface area (Å²) in [6, 6.07) is 9.79. The van der Waals surface area contributed by atoms with Crippen LogP contribution >= 0.6 is 0 Å². The van der Waals surface area contributed by atoms with E-state index in [0.29, 0.717) is 12.3 Å². The number of hydrogen-bond acceptors (Lipinski definition) is 3. The van der Waals surface area contributed by atoms with Crippen LogP contribution in [0.2, 0.25) is 0 Å². The van der Waals surface area contributed by atoms with Crippen molar-refractivity contribution in [3.63, 3.8) is 0 Å². The Morgan fingerprint density at radius 2 is 2.06 bits per heavy atom. The van der Waals surface area contributed by atoms with Crippen LogP contribution in [0.3, 0.4) is 0 Å². The maximum absolute atomic E-state index is 11.6. The molecule has 0 bridgehead atoms. The second kappa shape index (κ2) is 4.86. The molecule has 3 nitrogen and oxygen atoms in total. The number of ketones is 1. The number of aliphatic imine (C=N–C) groups is 1. The summed E-state index contributed by atoms with van der Waals surface area (Å²) in [5.74, 6) is -0.0570. The monoisotopic (exact) mass is 215 g/mol. The number of nitrogens with zero attached hydrogens (tertiary/aromatic N) is 1. The molecule has 0 saturated carbocycles. The number of ether oxygens (including phenoxy) is 1. The molecule has 16 heavy (non-hydrogen) atoms. The Bertz CT molecular complexity index is 435. The summed E-state index contributed by atoms with van der Waals surface area (Å²) in [5.41, 5.74) is 1.56. The zero-order valence-electron chi connectivity index (χ0n) is 9.09. The molecular formula is C13H13NO2. The molecule has 0 saturated heterocycles. The maximum Gasteiger partial charge on any atom is 0.209 e. The molecule has 0 spiro atoms. The molecule has 3 heteroatoms. The SMILES string of the molecule is CC1=NC=CC(OCc2ccccc2)C1=O. The fourth-order valence-electron chi connectivity index (χ4n) is 1.48. The zero-order valence-corrected chi connectivity index (χ0v) is 9.09. The maximum atomic E-state index is 11.6. The number of Topliss-reactive ketones (excluding diaryl/α,β-unsaturated/α-hetero) is 1. The normalized spacial score (nSPS) is 19.7. The third kappa shape index (κ3) is 2.44. The van der Waals surface area contributed by atoms with E-state index in [1.165, 1.54) is 0 Å². The van der Waals surface area contributed by atoms with E-state index in [1.54, 1.807) is 19.2 Å². The summed E-state index contributed by atoms with van der Waals surface area (Å²) in [6.45, 7) is 2.14. The van der Waals surface area contributed by atoms with Crippen LogP contribution in [0.4, 0.5) is 0 Å². The van der Waals surface area contributed by atoms with Crippen molar-refractivity contribution in [3.05, 3.63) is 48.2 Å². The molecule has 0 N–H and O–H groups in total. The molecule has 1 aromatic rings. The van der Waals surface area contributed by atoms with Crippen molar-refractivity contribution in [1.29, 1.82) is 0 Å². The third-order valence-corrected chi connectivity index (χ3v) is 2.42. The highest BCUT2D eigenvalue weighted by atomic mass is 16.5. The molecule has 1 aliphatic heterocycles. The largest absolute Gasteiger partial charge is 0.361 e. The summed E-state index contributed by atoms with van der Waals surface area (Å²) < 4.78 is 5.53. The summed E-state index contributed by atoms with van der Waals surface area (Å²) in [4.78, 5) is 15.6. The van der Waals surface area contributed by atoms with Gasteiger partial charge < -0.3 is 4.74 Å². The lowest BCUT2D eigenvalue weighted by molar-refractivity contribution is -0.121. The van der Waals surface area contributed by atoms with Crippen LogP contribution in [0.5, 0.6) is 0 Å². The Morgan fingerprint density at radius 3 is 2.81 bits per heavy atom. The first-order valence-corrected chi connectivity index (χ1v) is 5.18. The van der Waals surface area contributed by atoms with E-state index in [1.807, 2.05) is 30.3 Å². The predicted octanol–water partition coefficient (Wildman–Crippen LogP) is 2.13. The van der Waals surface area contributed by atoms with Crippen molar-refractivity contribution in [2.45, 2.75) is 19.6 Å². The predicted molar refractivity (Wildman–Crippen MR) is 62.3 cm³/mol. The van der Waals surface area contributed by atoms with Gasteiger partial charge in [0.15, 0.2) is 0 Å². The quantitative estimate of drug-likeness (QED) is 0.774. The van der Waals surface area contributed by atoms with E-state index >= 15 is 0 Å². The van der Waals surface area contributed by atoms with Crippen molar-refractivity contribution in [2.75, 3.05) is 0 Å². The molecule has 2 rings (SSSR count). The first kappa shape index (κ1) is 10.8. The number of carbonyl (C=O) groups is 1. The summed E-state index contributed by atoms with van der Waals surface area (Å²) in [5, 5.41) is 0. The van der Waals surface area contributed by atoms with Gasteiger partial charge in [0.05, 0.1) is 12.3 Å². The van der Waals surface area contributed by atoms with Crippen LogP contribution in [0.1, 0.15) is 12.5 Å². The van der Waals surface area contributed by atoms with Gasteiger partial charge >= 0.3 is 0 Å². The minimum absolute atomic E-state index is 0.0570. The van der Waals surface area contributed by atoms with E-state index in [2.05, 4.69) is 4.99 Å². The molecule has 0 radical (unpaired) electrons. The van der Waals surface area contributed by atoms with Gasteiger partial charge in [-0.25, -0.2) is 0 Å². The first-order chi connectivity index (χ1) is 7.77. The van der Waals surface area contributed by atoms with Crippen molar-refractivity contribution >= 4 is 11.5 Å². The van der Waals surface area contributed by atoms with Gasteiger partial charge in [-0.2, -0.15) is 0 Å². The molecule has 1 atom stereocenters. The van der Waals surface area contributed by atoms with E-state index in [-0.39, 0.29) is 5.78 Å². The molecule has 0 amide bonds. The standard InChI is InChI=1S/C13H13NO2/c1-10-13(15)12(7-8-14-10)16-9-11-5-3-2-4-6-11/h2-8,12H,9H2,1H3. The fraction of sp³-hybridized carbons (Fsp3) is 0.231. The molecule has 82 valence electrons. The van der Waals surface area contributed by atoms with Gasteiger partial charge in [0.25, 0.3) is 0 Å². The van der Waals surface area contributed by atoms with Crippen molar-refractivity contribution in [2.24, 2.45) is 4.99 Å². The topological polar surface area (TPSA) is 38.7 Å². The summed E-state index contributed by atoms with van der Waals surface area (Å²) in [6.07, 6.45) is 2.81. The van der Waals surface area contributed by atoms with E-state index in [9.17, 15) is 4.79 Å². The molecular weight excluding hydrogens is 202 g/mol. The molecule has 0 aliphatic carbocycles. The molecule has 0 aromatic heterocycles. The average molecular weight is 215 g/mol. The molecule has 1 aromatic carbocycles. The summed E-state index contributed by atoms with van der Waals surface area (Å²) in [7, 11) is 0. The zero-order chi connectivity index (χ0) is 11.4. The first-order valence-electron chi connectivity index (χ1n) is 5.18. The van der Waals surface area contributed by atoms with E-state index in [0.717, 1.165) is 5.56 Å². The van der Waals surface area contributed by atoms with Crippen molar-refractivity contribution < 1.29 is 9.53 Å². The molecule has 1 aliphatic rings. The van der Waals surface area contributed by atoms with E-state index in [4.69, 9.17) is 4.74 Å². The van der Waals surface area contributed by atoms with E-state index < -0.39 is 6.10 Å². The highest BCUT2D eigenvalue weighted by Gasteiger charge is 2.21. The fourth-order valence-corrected chi connectivity index (χ4v) is 1.48. The number of carbonyl (C=O) groups excluding carboxylic acids is 1. The Labute approximate surface area is 94.5 Å². The lowest BCUT2D eigenvalue weighted by Crippen LogP contribution is -2.29. The van der Waals surface area contributed by atoms with Crippen LogP contribution in [0, 0.1) is 0 Å². The van der Waals surface area contributed by atoms with Gasteiger partial charge in [-0.3, -0.25) is 9.79 Å². The van der Waals surface area contributed by atoms with Crippen molar-refractivity contribution in [3.8, 4) is 0 Å². The van der Waals surface area contributed by atoms with Gasteiger partial charge in [0.1, 0.15) is 6.10 Å². The van der Waals surface area contributed by atoms with Crippen LogP contribution in [-0.4, -0.2) is 17.6 Å². The van der Waals surface area contributed by atoms with Gasteiger partial charge in [0.2, 0.25) is 5.78 Å².